The van der Waals surface area contributed by atoms with Gasteiger partial charge in [-0.05, 0) is 24.6 Å². The standard InChI is InChI=1S/C21H24ClN3O6/c1-13-3-4-14(24-10-13)11-30-19-8-18-15(7-16(19)22)17(25-31-18)9-21(23,12-27)20(28)29-6-2-5-26/h3-4,7-8,10,26-27H,2,5-6,9,11-12,23H2,1H3. The molecule has 2 aromatic heterocycles. The maximum Gasteiger partial charge on any atom is 0.328 e. The molecular weight excluding hydrogens is 426 g/mol. The summed E-state index contributed by atoms with van der Waals surface area (Å²) in [4.78, 5) is 16.6. The number of aryl methyl sites for hydroxylation is 1. The van der Waals surface area contributed by atoms with Crippen molar-refractivity contribution in [2.45, 2.75) is 31.9 Å². The van der Waals surface area contributed by atoms with Crippen LogP contribution in [-0.4, -0.2) is 51.7 Å². The van der Waals surface area contributed by atoms with Gasteiger partial charge in [0.1, 0.15) is 17.9 Å². The Kier molecular flexibility index (Phi) is 7.45. The fourth-order valence-corrected chi connectivity index (χ4v) is 3.05. The average Bonchev–Trinajstić information content (AvgIpc) is 3.14. The highest BCUT2D eigenvalue weighted by atomic mass is 35.5. The van der Waals surface area contributed by atoms with Gasteiger partial charge in [-0.15, -0.1) is 0 Å². The molecule has 1 atom stereocenters. The first-order valence-electron chi connectivity index (χ1n) is 9.66. The number of ether oxygens (including phenoxy) is 2. The molecule has 31 heavy (non-hydrogen) atoms. The third kappa shape index (κ3) is 5.50. The SMILES string of the molecule is Cc1ccc(COc2cc3onc(CC(N)(CO)C(=O)OCCCO)c3cc2Cl)nc1. The highest BCUT2D eigenvalue weighted by molar-refractivity contribution is 6.32. The Morgan fingerprint density at radius 1 is 1.32 bits per heavy atom. The summed E-state index contributed by atoms with van der Waals surface area (Å²) in [6.07, 6.45) is 1.90. The lowest BCUT2D eigenvalue weighted by atomic mass is 9.94. The maximum atomic E-state index is 12.3. The van der Waals surface area contributed by atoms with Crippen LogP contribution in [0.5, 0.6) is 5.75 Å². The second kappa shape index (κ2) is 10.1. The quantitative estimate of drug-likeness (QED) is 0.312. The van der Waals surface area contributed by atoms with Gasteiger partial charge in [0.25, 0.3) is 0 Å². The molecule has 0 bridgehead atoms. The van der Waals surface area contributed by atoms with Crippen LogP contribution < -0.4 is 10.5 Å². The number of aromatic nitrogens is 2. The smallest absolute Gasteiger partial charge is 0.328 e. The summed E-state index contributed by atoms with van der Waals surface area (Å²) in [7, 11) is 0. The van der Waals surface area contributed by atoms with Gasteiger partial charge in [-0.25, -0.2) is 4.79 Å². The Balaban J connectivity index is 1.76. The lowest BCUT2D eigenvalue weighted by Crippen LogP contribution is -2.54. The molecule has 0 aliphatic rings. The summed E-state index contributed by atoms with van der Waals surface area (Å²) < 4.78 is 16.1. The molecule has 2 heterocycles. The first-order valence-corrected chi connectivity index (χ1v) is 10.0. The number of pyridine rings is 1. The molecule has 4 N–H and O–H groups in total. The van der Waals surface area contributed by atoms with Gasteiger partial charge in [0.2, 0.25) is 0 Å². The van der Waals surface area contributed by atoms with Crippen LogP contribution in [0.4, 0.5) is 0 Å². The molecule has 10 heteroatoms. The van der Waals surface area contributed by atoms with Crippen LogP contribution >= 0.6 is 11.6 Å². The van der Waals surface area contributed by atoms with Crippen molar-refractivity contribution in [2.24, 2.45) is 5.73 Å². The highest BCUT2D eigenvalue weighted by Gasteiger charge is 2.37. The Hall–Kier alpha value is -2.72. The Labute approximate surface area is 183 Å². The molecular formula is C21H24ClN3O6. The molecule has 0 amide bonds. The van der Waals surface area contributed by atoms with E-state index in [1.54, 1.807) is 18.3 Å². The third-order valence-electron chi connectivity index (χ3n) is 4.65. The first kappa shape index (κ1) is 23.0. The van der Waals surface area contributed by atoms with E-state index in [1.165, 1.54) is 0 Å². The van der Waals surface area contributed by atoms with Crippen LogP contribution in [0.25, 0.3) is 11.0 Å². The maximum absolute atomic E-state index is 12.3. The van der Waals surface area contributed by atoms with E-state index in [1.807, 2.05) is 19.1 Å². The molecule has 0 aliphatic carbocycles. The van der Waals surface area contributed by atoms with Crippen molar-refractivity contribution in [2.75, 3.05) is 19.8 Å². The zero-order chi connectivity index (χ0) is 22.4. The minimum Gasteiger partial charge on any atom is -0.486 e. The van der Waals surface area contributed by atoms with E-state index >= 15 is 0 Å². The summed E-state index contributed by atoms with van der Waals surface area (Å²) in [6.45, 7) is 1.39. The summed E-state index contributed by atoms with van der Waals surface area (Å²) in [6, 6.07) is 7.01. The predicted octanol–water partition coefficient (Wildman–Crippen LogP) is 1.92. The summed E-state index contributed by atoms with van der Waals surface area (Å²) in [5.41, 5.74) is 6.88. The van der Waals surface area contributed by atoms with Crippen molar-refractivity contribution in [1.29, 1.82) is 0 Å². The third-order valence-corrected chi connectivity index (χ3v) is 4.95. The van der Waals surface area contributed by atoms with Crippen LogP contribution in [0, 0.1) is 6.92 Å². The van der Waals surface area contributed by atoms with E-state index in [0.29, 0.717) is 27.4 Å². The molecule has 0 spiro atoms. The molecule has 0 radical (unpaired) electrons. The lowest BCUT2D eigenvalue weighted by Gasteiger charge is -2.24. The van der Waals surface area contributed by atoms with Crippen LogP contribution in [0.1, 0.15) is 23.4 Å². The number of nitrogens with two attached hydrogens (primary N) is 1. The van der Waals surface area contributed by atoms with Crippen molar-refractivity contribution in [1.82, 2.24) is 10.1 Å². The number of aliphatic hydroxyl groups is 2. The Bertz CT molecular complexity index is 1040. The summed E-state index contributed by atoms with van der Waals surface area (Å²) >= 11 is 6.36. The normalized spacial score (nSPS) is 13.2. The summed E-state index contributed by atoms with van der Waals surface area (Å²) in [5.74, 6) is -0.403. The van der Waals surface area contributed by atoms with Crippen LogP contribution in [0.3, 0.4) is 0 Å². The number of halogens is 1. The lowest BCUT2D eigenvalue weighted by molar-refractivity contribution is -0.152. The van der Waals surface area contributed by atoms with Crippen LogP contribution in [0.15, 0.2) is 35.0 Å². The molecule has 3 rings (SSSR count). The number of aliphatic hydroxyl groups excluding tert-OH is 2. The van der Waals surface area contributed by atoms with Gasteiger partial charge < -0.3 is 29.9 Å². The van der Waals surface area contributed by atoms with Gasteiger partial charge in [0.15, 0.2) is 5.58 Å². The fourth-order valence-electron chi connectivity index (χ4n) is 2.83. The van der Waals surface area contributed by atoms with Crippen molar-refractivity contribution >= 4 is 28.5 Å². The number of benzene rings is 1. The predicted molar refractivity (Wildman–Crippen MR) is 113 cm³/mol. The number of fused-ring (bicyclic) bond motifs is 1. The molecule has 0 saturated heterocycles. The Morgan fingerprint density at radius 2 is 2.13 bits per heavy atom. The molecule has 1 aromatic carbocycles. The van der Waals surface area contributed by atoms with E-state index in [9.17, 15) is 9.90 Å². The second-order valence-electron chi connectivity index (χ2n) is 7.23. The number of hydrogen-bond acceptors (Lipinski definition) is 9. The van der Waals surface area contributed by atoms with E-state index in [4.69, 9.17) is 36.4 Å². The molecule has 166 valence electrons. The second-order valence-corrected chi connectivity index (χ2v) is 7.63. The molecule has 3 aromatic rings. The zero-order valence-corrected chi connectivity index (χ0v) is 17.8. The minimum atomic E-state index is -1.71. The van der Waals surface area contributed by atoms with E-state index in [2.05, 4.69) is 10.1 Å². The van der Waals surface area contributed by atoms with E-state index < -0.39 is 18.1 Å². The minimum absolute atomic E-state index is 0.00376. The van der Waals surface area contributed by atoms with Gasteiger partial charge in [-0.1, -0.05) is 22.8 Å². The number of carbonyl (C=O) groups is 1. The van der Waals surface area contributed by atoms with Crippen molar-refractivity contribution in [3.63, 3.8) is 0 Å². The topological polar surface area (TPSA) is 141 Å². The number of hydrogen-bond donors (Lipinski definition) is 3. The molecule has 9 nitrogen and oxygen atoms in total. The number of rotatable bonds is 10. The van der Waals surface area contributed by atoms with Gasteiger partial charge in [0.05, 0.1) is 29.6 Å². The number of esters is 1. The fraction of sp³-hybridized carbons (Fsp3) is 0.381. The summed E-state index contributed by atoms with van der Waals surface area (Å²) in [5, 5.41) is 23.3. The van der Waals surface area contributed by atoms with Gasteiger partial charge in [0, 0.05) is 37.1 Å². The van der Waals surface area contributed by atoms with Gasteiger partial charge >= 0.3 is 5.97 Å². The van der Waals surface area contributed by atoms with E-state index in [0.717, 1.165) is 11.3 Å². The van der Waals surface area contributed by atoms with E-state index in [-0.39, 0.29) is 32.7 Å². The van der Waals surface area contributed by atoms with Crippen LogP contribution in [-0.2, 0) is 22.6 Å². The molecule has 0 fully saturated rings. The number of nitrogens with zero attached hydrogens (tertiary/aromatic N) is 2. The molecule has 0 aliphatic heterocycles. The first-order chi connectivity index (χ1) is 14.9. The monoisotopic (exact) mass is 449 g/mol. The average molecular weight is 450 g/mol. The zero-order valence-electron chi connectivity index (χ0n) is 17.0. The van der Waals surface area contributed by atoms with Gasteiger partial charge in [-0.2, -0.15) is 0 Å². The van der Waals surface area contributed by atoms with Gasteiger partial charge in [-0.3, -0.25) is 4.98 Å². The molecule has 1 unspecified atom stereocenters. The number of carbonyl (C=O) groups excluding carboxylic acids is 1. The Morgan fingerprint density at radius 3 is 2.81 bits per heavy atom. The molecule has 0 saturated carbocycles. The van der Waals surface area contributed by atoms with Crippen molar-refractivity contribution in [3.8, 4) is 5.75 Å². The highest BCUT2D eigenvalue weighted by Crippen LogP contribution is 2.33. The van der Waals surface area contributed by atoms with Crippen molar-refractivity contribution < 1.29 is 29.0 Å². The van der Waals surface area contributed by atoms with Crippen LogP contribution in [0.2, 0.25) is 5.02 Å². The van der Waals surface area contributed by atoms with Crippen molar-refractivity contribution in [3.05, 3.63) is 52.4 Å². The largest absolute Gasteiger partial charge is 0.486 e.